The predicted octanol–water partition coefficient (Wildman–Crippen LogP) is 4.30. The van der Waals surface area contributed by atoms with Crippen LogP contribution in [-0.2, 0) is 6.67 Å². The molecule has 130 valence electrons. The summed E-state index contributed by atoms with van der Waals surface area (Å²) >= 11 is 3.39. The Bertz CT molecular complexity index is 1020. The van der Waals surface area contributed by atoms with Gasteiger partial charge in [-0.2, -0.15) is 0 Å². The molecule has 6 nitrogen and oxygen atoms in total. The van der Waals surface area contributed by atoms with Crippen molar-refractivity contribution in [2.24, 2.45) is 0 Å². The summed E-state index contributed by atoms with van der Waals surface area (Å²) in [5.41, 5.74) is 3.01. The third kappa shape index (κ3) is 3.61. The first-order chi connectivity index (χ1) is 12.8. The van der Waals surface area contributed by atoms with Crippen molar-refractivity contribution >= 4 is 39.0 Å². The lowest BCUT2D eigenvalue weighted by Crippen LogP contribution is -2.11. The van der Waals surface area contributed by atoms with E-state index in [0.717, 1.165) is 37.4 Å². The summed E-state index contributed by atoms with van der Waals surface area (Å²) in [5, 5.41) is 15.4. The number of anilines is 1. The number of nitrogens with zero attached hydrogens (tertiary/aromatic N) is 5. The second-order valence-corrected chi connectivity index (χ2v) is 7.76. The topological polar surface area (TPSA) is 68.5 Å². The van der Waals surface area contributed by atoms with Gasteiger partial charge in [-0.25, -0.2) is 9.67 Å². The Labute approximate surface area is 159 Å². The Morgan fingerprint density at radius 2 is 2.08 bits per heavy atom. The number of thiazole rings is 1. The highest BCUT2D eigenvalue weighted by molar-refractivity contribution is 8.01. The van der Waals surface area contributed by atoms with E-state index < -0.39 is 0 Å². The number of rotatable bonds is 7. The second-order valence-electron chi connectivity index (χ2n) is 5.46. The quantitative estimate of drug-likeness (QED) is 0.381. The molecule has 2 heterocycles. The zero-order valence-corrected chi connectivity index (χ0v) is 15.5. The van der Waals surface area contributed by atoms with E-state index in [-0.39, 0.29) is 0 Å². The van der Waals surface area contributed by atoms with Gasteiger partial charge in [0.25, 0.3) is 0 Å². The molecule has 8 heteroatoms. The number of tetrazole rings is 1. The molecule has 0 aliphatic carbocycles. The fourth-order valence-electron chi connectivity index (χ4n) is 2.48. The van der Waals surface area contributed by atoms with Gasteiger partial charge in [-0.3, -0.25) is 0 Å². The maximum absolute atomic E-state index is 4.62. The third-order valence-corrected chi connectivity index (χ3v) is 5.85. The van der Waals surface area contributed by atoms with Crippen molar-refractivity contribution in [3.63, 3.8) is 0 Å². The molecule has 4 aromatic rings. The Balaban J connectivity index is 1.50. The molecular weight excluding hydrogens is 364 g/mol. The second kappa shape index (κ2) is 7.67. The van der Waals surface area contributed by atoms with Gasteiger partial charge in [0.2, 0.25) is 0 Å². The Morgan fingerprint density at radius 1 is 1.19 bits per heavy atom. The average molecular weight is 381 g/mol. The minimum Gasteiger partial charge on any atom is -0.366 e. The molecule has 0 amide bonds. The molecule has 0 bridgehead atoms. The average Bonchev–Trinajstić information content (AvgIpc) is 3.31. The third-order valence-electron chi connectivity index (χ3n) is 3.69. The summed E-state index contributed by atoms with van der Waals surface area (Å²) in [5.74, 6) is 1.60. The molecule has 0 saturated heterocycles. The summed E-state index contributed by atoms with van der Waals surface area (Å²) in [6.45, 7) is 4.23. The standard InChI is InChI=1S/C18H16N6S2/c1-2-10-25-18-20-15-9-8-14(11-16(15)26-18)19-12-24-17(21-22-23-24)13-6-4-3-5-7-13/h2-9,11,19H,1,10,12H2. The Morgan fingerprint density at radius 3 is 2.92 bits per heavy atom. The molecule has 1 N–H and O–H groups in total. The van der Waals surface area contributed by atoms with Gasteiger partial charge in [0, 0.05) is 17.0 Å². The molecule has 0 aliphatic rings. The summed E-state index contributed by atoms with van der Waals surface area (Å²) in [4.78, 5) is 4.62. The smallest absolute Gasteiger partial charge is 0.183 e. The first kappa shape index (κ1) is 16.7. The van der Waals surface area contributed by atoms with E-state index in [1.807, 2.05) is 48.5 Å². The van der Waals surface area contributed by atoms with E-state index in [1.54, 1.807) is 27.8 Å². The minimum absolute atomic E-state index is 0.486. The highest BCUT2D eigenvalue weighted by Gasteiger charge is 2.09. The van der Waals surface area contributed by atoms with Crippen molar-refractivity contribution < 1.29 is 0 Å². The van der Waals surface area contributed by atoms with Crippen LogP contribution in [0.15, 0.2) is 65.5 Å². The first-order valence-corrected chi connectivity index (χ1v) is 9.83. The lowest BCUT2D eigenvalue weighted by Gasteiger charge is -2.08. The van der Waals surface area contributed by atoms with Crippen molar-refractivity contribution in [2.75, 3.05) is 11.1 Å². The lowest BCUT2D eigenvalue weighted by molar-refractivity contribution is 0.640. The van der Waals surface area contributed by atoms with Crippen LogP contribution < -0.4 is 5.32 Å². The van der Waals surface area contributed by atoms with E-state index >= 15 is 0 Å². The van der Waals surface area contributed by atoms with Crippen LogP contribution in [-0.4, -0.2) is 30.9 Å². The van der Waals surface area contributed by atoms with E-state index in [2.05, 4.69) is 38.5 Å². The van der Waals surface area contributed by atoms with Gasteiger partial charge >= 0.3 is 0 Å². The Kier molecular flexibility index (Phi) is 4.94. The summed E-state index contributed by atoms with van der Waals surface area (Å²) in [6, 6.07) is 16.1. The molecule has 0 unspecified atom stereocenters. The molecule has 0 saturated carbocycles. The maximum Gasteiger partial charge on any atom is 0.183 e. The van der Waals surface area contributed by atoms with Crippen LogP contribution >= 0.6 is 23.1 Å². The zero-order chi connectivity index (χ0) is 17.8. The van der Waals surface area contributed by atoms with Crippen molar-refractivity contribution in [2.45, 2.75) is 11.0 Å². The van der Waals surface area contributed by atoms with Crippen LogP contribution in [0.25, 0.3) is 21.6 Å². The van der Waals surface area contributed by atoms with Gasteiger partial charge in [-0.15, -0.1) is 23.0 Å². The van der Waals surface area contributed by atoms with Crippen LogP contribution in [0.3, 0.4) is 0 Å². The fourth-order valence-corrected chi connectivity index (χ4v) is 4.35. The molecular formula is C18H16N6S2. The van der Waals surface area contributed by atoms with Crippen LogP contribution in [0, 0.1) is 0 Å². The normalized spacial score (nSPS) is 10.9. The predicted molar refractivity (Wildman–Crippen MR) is 107 cm³/mol. The van der Waals surface area contributed by atoms with Gasteiger partial charge in [0.05, 0.1) is 10.2 Å². The van der Waals surface area contributed by atoms with Crippen molar-refractivity contribution in [3.05, 3.63) is 61.2 Å². The largest absolute Gasteiger partial charge is 0.366 e. The van der Waals surface area contributed by atoms with Crippen molar-refractivity contribution in [3.8, 4) is 11.4 Å². The highest BCUT2D eigenvalue weighted by atomic mass is 32.2. The van der Waals surface area contributed by atoms with E-state index in [4.69, 9.17) is 0 Å². The monoisotopic (exact) mass is 380 g/mol. The van der Waals surface area contributed by atoms with Crippen LogP contribution in [0.5, 0.6) is 0 Å². The van der Waals surface area contributed by atoms with Crippen molar-refractivity contribution in [1.29, 1.82) is 0 Å². The molecule has 2 aromatic carbocycles. The van der Waals surface area contributed by atoms with E-state index in [1.165, 1.54) is 0 Å². The fraction of sp³-hybridized carbons (Fsp3) is 0.111. The zero-order valence-electron chi connectivity index (χ0n) is 13.9. The van der Waals surface area contributed by atoms with Crippen molar-refractivity contribution in [1.82, 2.24) is 25.2 Å². The highest BCUT2D eigenvalue weighted by Crippen LogP contribution is 2.31. The van der Waals surface area contributed by atoms with Crippen LogP contribution in [0.4, 0.5) is 5.69 Å². The molecule has 0 spiro atoms. The maximum atomic E-state index is 4.62. The van der Waals surface area contributed by atoms with Gasteiger partial charge < -0.3 is 5.32 Å². The molecule has 2 aromatic heterocycles. The van der Waals surface area contributed by atoms with Gasteiger partial charge in [-0.05, 0) is 28.6 Å². The molecule has 0 aliphatic heterocycles. The summed E-state index contributed by atoms with van der Waals surface area (Å²) in [6.07, 6.45) is 1.89. The van der Waals surface area contributed by atoms with E-state index in [0.29, 0.717) is 6.67 Å². The summed E-state index contributed by atoms with van der Waals surface area (Å²) in [7, 11) is 0. The van der Waals surface area contributed by atoms with E-state index in [9.17, 15) is 0 Å². The van der Waals surface area contributed by atoms with Gasteiger partial charge in [0.15, 0.2) is 10.2 Å². The molecule has 4 rings (SSSR count). The number of thioether (sulfide) groups is 1. The van der Waals surface area contributed by atoms with Gasteiger partial charge in [-0.1, -0.05) is 48.2 Å². The Hall–Kier alpha value is -2.71. The molecule has 0 fully saturated rings. The van der Waals surface area contributed by atoms with Gasteiger partial charge in [0.1, 0.15) is 6.67 Å². The molecule has 0 atom stereocenters. The summed E-state index contributed by atoms with van der Waals surface area (Å²) < 4.78 is 3.96. The number of hydrogen-bond donors (Lipinski definition) is 1. The number of fused-ring (bicyclic) bond motifs is 1. The minimum atomic E-state index is 0.486. The number of aromatic nitrogens is 5. The van der Waals surface area contributed by atoms with Crippen LogP contribution in [0.2, 0.25) is 0 Å². The lowest BCUT2D eigenvalue weighted by atomic mass is 10.2. The molecule has 0 radical (unpaired) electrons. The van der Waals surface area contributed by atoms with Crippen LogP contribution in [0.1, 0.15) is 0 Å². The SMILES string of the molecule is C=CCSc1nc2ccc(NCn3nnnc3-c3ccccc3)cc2s1. The number of benzene rings is 2. The first-order valence-electron chi connectivity index (χ1n) is 8.03. The number of nitrogens with one attached hydrogen (secondary N) is 1. The molecule has 26 heavy (non-hydrogen) atoms. The number of hydrogen-bond acceptors (Lipinski definition) is 7.